The maximum atomic E-state index is 4.48. The average molecular weight is 287 g/mol. The molecule has 1 saturated carbocycles. The first-order valence-corrected chi connectivity index (χ1v) is 8.58. The van der Waals surface area contributed by atoms with Gasteiger partial charge >= 0.3 is 0 Å². The van der Waals surface area contributed by atoms with E-state index in [9.17, 15) is 0 Å². The van der Waals surface area contributed by atoms with Crippen molar-refractivity contribution < 1.29 is 0 Å². The molecule has 1 unspecified atom stereocenters. The molecule has 1 saturated heterocycles. The van der Waals surface area contributed by atoms with Crippen LogP contribution in [-0.2, 0) is 6.42 Å². The SMILES string of the molecule is CC(C)C1CNC2(CCCC2)CN1CCc1ccccn1. The van der Waals surface area contributed by atoms with Crippen LogP contribution in [0, 0.1) is 5.92 Å². The Hall–Kier alpha value is -0.930. The number of rotatable bonds is 4. The van der Waals surface area contributed by atoms with E-state index in [1.807, 2.05) is 12.3 Å². The monoisotopic (exact) mass is 287 g/mol. The zero-order chi connectivity index (χ0) is 14.7. The van der Waals surface area contributed by atoms with E-state index < -0.39 is 0 Å². The minimum atomic E-state index is 0.412. The fraction of sp³-hybridized carbons (Fsp3) is 0.722. The summed E-state index contributed by atoms with van der Waals surface area (Å²) < 4.78 is 0. The van der Waals surface area contributed by atoms with Gasteiger partial charge in [0.15, 0.2) is 0 Å². The lowest BCUT2D eigenvalue weighted by atomic mass is 9.89. The molecule has 1 aliphatic carbocycles. The van der Waals surface area contributed by atoms with Gasteiger partial charge in [0.2, 0.25) is 0 Å². The second-order valence-electron chi connectivity index (χ2n) is 7.22. The molecular formula is C18H29N3. The molecule has 3 rings (SSSR count). The molecule has 0 amide bonds. The van der Waals surface area contributed by atoms with Crippen molar-refractivity contribution in [3.05, 3.63) is 30.1 Å². The summed E-state index contributed by atoms with van der Waals surface area (Å²) in [5.74, 6) is 0.708. The number of nitrogens with one attached hydrogen (secondary N) is 1. The van der Waals surface area contributed by atoms with E-state index in [1.165, 1.54) is 37.9 Å². The van der Waals surface area contributed by atoms with E-state index in [-0.39, 0.29) is 0 Å². The van der Waals surface area contributed by atoms with Gasteiger partial charge in [-0.05, 0) is 30.9 Å². The van der Waals surface area contributed by atoms with Gasteiger partial charge in [-0.25, -0.2) is 0 Å². The Kier molecular flexibility index (Phi) is 4.60. The van der Waals surface area contributed by atoms with Crippen LogP contribution in [0.3, 0.4) is 0 Å². The lowest BCUT2D eigenvalue weighted by molar-refractivity contribution is 0.0578. The van der Waals surface area contributed by atoms with E-state index in [0.717, 1.165) is 19.5 Å². The minimum absolute atomic E-state index is 0.412. The molecule has 1 aromatic heterocycles. The maximum Gasteiger partial charge on any atom is 0.0416 e. The fourth-order valence-corrected chi connectivity index (χ4v) is 4.11. The second-order valence-corrected chi connectivity index (χ2v) is 7.22. The number of pyridine rings is 1. The Morgan fingerprint density at radius 1 is 1.33 bits per heavy atom. The highest BCUT2D eigenvalue weighted by atomic mass is 15.3. The molecule has 1 spiro atoms. The molecule has 0 aromatic carbocycles. The van der Waals surface area contributed by atoms with Crippen molar-refractivity contribution >= 4 is 0 Å². The third-order valence-electron chi connectivity index (χ3n) is 5.37. The first-order chi connectivity index (χ1) is 10.2. The van der Waals surface area contributed by atoms with Gasteiger partial charge in [0.05, 0.1) is 0 Å². The van der Waals surface area contributed by atoms with Crippen LogP contribution in [-0.4, -0.2) is 41.1 Å². The van der Waals surface area contributed by atoms with Crippen LogP contribution in [0.4, 0.5) is 0 Å². The molecule has 1 atom stereocenters. The molecular weight excluding hydrogens is 258 g/mol. The van der Waals surface area contributed by atoms with Crippen LogP contribution in [0.25, 0.3) is 0 Å². The van der Waals surface area contributed by atoms with E-state index in [0.29, 0.717) is 17.5 Å². The predicted molar refractivity (Wildman–Crippen MR) is 87.3 cm³/mol. The van der Waals surface area contributed by atoms with Crippen molar-refractivity contribution in [2.45, 2.75) is 57.5 Å². The molecule has 2 fully saturated rings. The minimum Gasteiger partial charge on any atom is -0.308 e. The van der Waals surface area contributed by atoms with Crippen molar-refractivity contribution in [2.24, 2.45) is 5.92 Å². The zero-order valence-corrected chi connectivity index (χ0v) is 13.5. The number of piperazine rings is 1. The highest BCUT2D eigenvalue weighted by Crippen LogP contribution is 2.34. The van der Waals surface area contributed by atoms with Crippen molar-refractivity contribution in [1.29, 1.82) is 0 Å². The van der Waals surface area contributed by atoms with Gasteiger partial charge in [-0.1, -0.05) is 32.8 Å². The summed E-state index contributed by atoms with van der Waals surface area (Å²) in [5, 5.41) is 3.90. The molecule has 21 heavy (non-hydrogen) atoms. The van der Waals surface area contributed by atoms with Gasteiger partial charge in [0.1, 0.15) is 0 Å². The first-order valence-electron chi connectivity index (χ1n) is 8.58. The van der Waals surface area contributed by atoms with Gasteiger partial charge < -0.3 is 5.32 Å². The van der Waals surface area contributed by atoms with Crippen LogP contribution in [0.15, 0.2) is 24.4 Å². The highest BCUT2D eigenvalue weighted by Gasteiger charge is 2.41. The molecule has 2 heterocycles. The molecule has 2 aliphatic rings. The van der Waals surface area contributed by atoms with Crippen molar-refractivity contribution in [3.63, 3.8) is 0 Å². The standard InChI is InChI=1S/C18H29N3/c1-15(2)17-13-20-18(9-4-5-10-18)14-21(17)12-8-16-7-3-6-11-19-16/h3,6-7,11,15,17,20H,4-5,8-10,12-14H2,1-2H3. The lowest BCUT2D eigenvalue weighted by Gasteiger charge is -2.48. The third-order valence-corrected chi connectivity index (χ3v) is 5.37. The number of hydrogen-bond acceptors (Lipinski definition) is 3. The molecule has 3 heteroatoms. The van der Waals surface area contributed by atoms with Crippen LogP contribution >= 0.6 is 0 Å². The van der Waals surface area contributed by atoms with Crippen LogP contribution < -0.4 is 5.32 Å². The fourth-order valence-electron chi connectivity index (χ4n) is 4.11. The quantitative estimate of drug-likeness (QED) is 0.923. The third kappa shape index (κ3) is 3.46. The van der Waals surface area contributed by atoms with E-state index in [4.69, 9.17) is 0 Å². The van der Waals surface area contributed by atoms with Gasteiger partial charge in [0.25, 0.3) is 0 Å². The van der Waals surface area contributed by atoms with Gasteiger partial charge in [-0.15, -0.1) is 0 Å². The number of aromatic nitrogens is 1. The normalized spacial score (nSPS) is 25.8. The van der Waals surface area contributed by atoms with Crippen LogP contribution in [0.5, 0.6) is 0 Å². The summed E-state index contributed by atoms with van der Waals surface area (Å²) in [6, 6.07) is 6.91. The molecule has 0 bridgehead atoms. The van der Waals surface area contributed by atoms with Crippen molar-refractivity contribution in [1.82, 2.24) is 15.2 Å². The average Bonchev–Trinajstić information content (AvgIpc) is 2.94. The highest BCUT2D eigenvalue weighted by molar-refractivity contribution is 5.06. The Bertz CT molecular complexity index is 437. The Morgan fingerprint density at radius 2 is 2.14 bits per heavy atom. The summed E-state index contributed by atoms with van der Waals surface area (Å²) in [4.78, 5) is 7.22. The maximum absolute atomic E-state index is 4.48. The molecule has 3 nitrogen and oxygen atoms in total. The Balaban J connectivity index is 1.65. The predicted octanol–water partition coefficient (Wildman–Crippen LogP) is 2.87. The Morgan fingerprint density at radius 3 is 2.81 bits per heavy atom. The largest absolute Gasteiger partial charge is 0.308 e. The molecule has 1 aromatic rings. The topological polar surface area (TPSA) is 28.2 Å². The summed E-state index contributed by atoms with van der Waals surface area (Å²) in [7, 11) is 0. The van der Waals surface area contributed by atoms with Crippen molar-refractivity contribution in [2.75, 3.05) is 19.6 Å². The van der Waals surface area contributed by atoms with Gasteiger partial charge in [-0.3, -0.25) is 9.88 Å². The van der Waals surface area contributed by atoms with Gasteiger partial charge in [0, 0.05) is 49.5 Å². The Labute approximate surface area is 129 Å². The molecule has 1 aliphatic heterocycles. The molecule has 0 radical (unpaired) electrons. The summed E-state index contributed by atoms with van der Waals surface area (Å²) in [6.07, 6.45) is 8.49. The second kappa shape index (κ2) is 6.45. The van der Waals surface area contributed by atoms with E-state index in [1.54, 1.807) is 0 Å². The smallest absolute Gasteiger partial charge is 0.0416 e. The van der Waals surface area contributed by atoms with Crippen LogP contribution in [0.2, 0.25) is 0 Å². The first kappa shape index (κ1) is 15.0. The zero-order valence-electron chi connectivity index (χ0n) is 13.5. The van der Waals surface area contributed by atoms with Crippen LogP contribution in [0.1, 0.15) is 45.2 Å². The van der Waals surface area contributed by atoms with E-state index >= 15 is 0 Å². The summed E-state index contributed by atoms with van der Waals surface area (Å²) >= 11 is 0. The lowest BCUT2D eigenvalue weighted by Crippen LogP contribution is -2.64. The molecule has 116 valence electrons. The molecule has 1 N–H and O–H groups in total. The number of hydrogen-bond donors (Lipinski definition) is 1. The van der Waals surface area contributed by atoms with Gasteiger partial charge in [-0.2, -0.15) is 0 Å². The summed E-state index contributed by atoms with van der Waals surface area (Å²) in [5.41, 5.74) is 1.63. The summed E-state index contributed by atoms with van der Waals surface area (Å²) in [6.45, 7) is 8.23. The van der Waals surface area contributed by atoms with E-state index in [2.05, 4.69) is 41.2 Å². The van der Waals surface area contributed by atoms with Crippen molar-refractivity contribution in [3.8, 4) is 0 Å². The number of nitrogens with zero attached hydrogens (tertiary/aromatic N) is 2.